The zero-order valence-electron chi connectivity index (χ0n) is 21.4. The van der Waals surface area contributed by atoms with Gasteiger partial charge >= 0.3 is 6.03 Å². The molecule has 0 bridgehead atoms. The van der Waals surface area contributed by atoms with Crippen LogP contribution in [0.2, 0.25) is 0 Å². The highest BCUT2D eigenvalue weighted by molar-refractivity contribution is 6.18. The summed E-state index contributed by atoms with van der Waals surface area (Å²) in [7, 11) is 0. The number of hydrogen-bond donors (Lipinski definition) is 1. The maximum Gasteiger partial charge on any atom is 0.332 e. The molecule has 1 aromatic heterocycles. The van der Waals surface area contributed by atoms with Crippen molar-refractivity contribution in [3.05, 3.63) is 53.3 Å². The lowest BCUT2D eigenvalue weighted by Crippen LogP contribution is -2.51. The Hall–Kier alpha value is -3.22. The maximum atomic E-state index is 13.8. The monoisotopic (exact) mass is 476 g/mol. The van der Waals surface area contributed by atoms with Crippen molar-refractivity contribution in [1.29, 1.82) is 0 Å². The first-order valence-corrected chi connectivity index (χ1v) is 12.7. The van der Waals surface area contributed by atoms with E-state index in [4.69, 9.17) is 0 Å². The van der Waals surface area contributed by atoms with Crippen LogP contribution in [0.25, 0.3) is 0 Å². The average Bonchev–Trinajstić information content (AvgIpc) is 3.00. The molecule has 1 aliphatic carbocycles. The molecule has 2 aromatic rings. The van der Waals surface area contributed by atoms with Crippen LogP contribution in [-0.2, 0) is 9.59 Å². The number of nitrogens with zero attached hydrogens (tertiary/aromatic N) is 3. The molecule has 4 rings (SSSR count). The van der Waals surface area contributed by atoms with Gasteiger partial charge in [-0.3, -0.25) is 24.4 Å². The Bertz CT molecular complexity index is 1110. The van der Waals surface area contributed by atoms with Gasteiger partial charge in [0.15, 0.2) is 0 Å². The molecular weight excluding hydrogens is 440 g/mol. The number of para-hydroxylation sites is 1. The van der Waals surface area contributed by atoms with Gasteiger partial charge in [0.25, 0.3) is 5.91 Å². The van der Waals surface area contributed by atoms with Gasteiger partial charge in [0.1, 0.15) is 12.1 Å². The van der Waals surface area contributed by atoms with Crippen LogP contribution in [0.5, 0.6) is 0 Å². The fraction of sp³-hybridized carbons (Fsp3) is 0.500. The van der Waals surface area contributed by atoms with Crippen molar-refractivity contribution in [2.75, 3.05) is 16.8 Å². The molecule has 1 spiro atoms. The number of amides is 4. The van der Waals surface area contributed by atoms with Gasteiger partial charge in [0.2, 0.25) is 5.91 Å². The fourth-order valence-corrected chi connectivity index (χ4v) is 5.49. The summed E-state index contributed by atoms with van der Waals surface area (Å²) >= 11 is 0. The minimum atomic E-state index is -0.940. The number of rotatable bonds is 6. The molecule has 1 N–H and O–H groups in total. The SMILES string of the molecule is Cc1cncc(N2C(=O)N(CC(=O)Nc3c(C(C)C)cccc3C(C)C)C(=O)C23CCCCC3)c1. The number of aromatic nitrogens is 1. The Morgan fingerprint density at radius 1 is 1.03 bits per heavy atom. The summed E-state index contributed by atoms with van der Waals surface area (Å²) in [6, 6.07) is 7.48. The topological polar surface area (TPSA) is 82.6 Å². The van der Waals surface area contributed by atoms with Crippen LogP contribution in [0.4, 0.5) is 16.2 Å². The van der Waals surface area contributed by atoms with Gasteiger partial charge in [-0.2, -0.15) is 0 Å². The van der Waals surface area contributed by atoms with Crippen molar-refractivity contribution in [3.8, 4) is 0 Å². The highest BCUT2D eigenvalue weighted by Crippen LogP contribution is 2.43. The first kappa shape index (κ1) is 24.9. The van der Waals surface area contributed by atoms with E-state index in [1.165, 1.54) is 0 Å². The highest BCUT2D eigenvalue weighted by Gasteiger charge is 2.58. The van der Waals surface area contributed by atoms with Crippen molar-refractivity contribution in [1.82, 2.24) is 9.88 Å². The number of benzene rings is 1. The Balaban J connectivity index is 1.65. The molecule has 2 heterocycles. The summed E-state index contributed by atoms with van der Waals surface area (Å²) in [4.78, 5) is 47.7. The van der Waals surface area contributed by atoms with Gasteiger partial charge in [0.05, 0.1) is 11.9 Å². The lowest BCUT2D eigenvalue weighted by molar-refractivity contribution is -0.134. The van der Waals surface area contributed by atoms with Crippen LogP contribution in [0, 0.1) is 6.92 Å². The lowest BCUT2D eigenvalue weighted by atomic mass is 9.80. The number of anilines is 2. The lowest BCUT2D eigenvalue weighted by Gasteiger charge is -2.38. The molecule has 1 saturated carbocycles. The third-order valence-corrected chi connectivity index (χ3v) is 7.23. The number of hydrogen-bond acceptors (Lipinski definition) is 4. The van der Waals surface area contributed by atoms with Gasteiger partial charge in [-0.1, -0.05) is 65.2 Å². The number of pyridine rings is 1. The number of urea groups is 1. The number of imide groups is 1. The summed E-state index contributed by atoms with van der Waals surface area (Å²) in [5, 5.41) is 3.05. The zero-order chi connectivity index (χ0) is 25.3. The molecule has 186 valence electrons. The van der Waals surface area contributed by atoms with Crippen LogP contribution >= 0.6 is 0 Å². The van der Waals surface area contributed by atoms with E-state index >= 15 is 0 Å². The summed E-state index contributed by atoms with van der Waals surface area (Å²) < 4.78 is 0. The second kappa shape index (κ2) is 9.80. The summed E-state index contributed by atoms with van der Waals surface area (Å²) in [5.41, 5.74) is 3.45. The Labute approximate surface area is 207 Å². The fourth-order valence-electron chi connectivity index (χ4n) is 5.49. The molecule has 35 heavy (non-hydrogen) atoms. The molecule has 2 aliphatic rings. The van der Waals surface area contributed by atoms with E-state index in [2.05, 4.69) is 38.0 Å². The Morgan fingerprint density at radius 2 is 1.66 bits per heavy atom. The number of carbonyl (C=O) groups is 3. The first-order valence-electron chi connectivity index (χ1n) is 12.7. The molecule has 1 aromatic carbocycles. The van der Waals surface area contributed by atoms with E-state index in [-0.39, 0.29) is 30.2 Å². The van der Waals surface area contributed by atoms with E-state index in [1.807, 2.05) is 31.2 Å². The highest BCUT2D eigenvalue weighted by atomic mass is 16.2. The second-order valence-electron chi connectivity index (χ2n) is 10.5. The minimum Gasteiger partial charge on any atom is -0.324 e. The molecule has 0 atom stereocenters. The summed E-state index contributed by atoms with van der Waals surface area (Å²) in [6.07, 6.45) is 7.32. The minimum absolute atomic E-state index is 0.217. The van der Waals surface area contributed by atoms with Crippen LogP contribution in [-0.4, -0.2) is 39.8 Å². The summed E-state index contributed by atoms with van der Waals surface area (Å²) in [6.45, 7) is 9.95. The molecule has 7 nitrogen and oxygen atoms in total. The van der Waals surface area contributed by atoms with E-state index < -0.39 is 11.6 Å². The van der Waals surface area contributed by atoms with E-state index in [1.54, 1.807) is 17.3 Å². The molecule has 1 saturated heterocycles. The van der Waals surface area contributed by atoms with Crippen LogP contribution < -0.4 is 10.2 Å². The van der Waals surface area contributed by atoms with E-state index in [9.17, 15) is 14.4 Å². The molecule has 7 heteroatoms. The van der Waals surface area contributed by atoms with Crippen molar-refractivity contribution in [3.63, 3.8) is 0 Å². The van der Waals surface area contributed by atoms with Crippen molar-refractivity contribution in [2.24, 2.45) is 0 Å². The van der Waals surface area contributed by atoms with Crippen LogP contribution in [0.1, 0.15) is 88.3 Å². The van der Waals surface area contributed by atoms with E-state index in [0.29, 0.717) is 18.5 Å². The van der Waals surface area contributed by atoms with E-state index in [0.717, 1.165) is 46.5 Å². The molecule has 0 unspecified atom stereocenters. The predicted octanol–water partition coefficient (Wildman–Crippen LogP) is 5.75. The Kier molecular flexibility index (Phi) is 6.97. The number of carbonyl (C=O) groups excluding carboxylic acids is 3. The van der Waals surface area contributed by atoms with Crippen molar-refractivity contribution in [2.45, 2.75) is 84.1 Å². The molecule has 1 aliphatic heterocycles. The first-order chi connectivity index (χ1) is 16.7. The van der Waals surface area contributed by atoms with Crippen LogP contribution in [0.3, 0.4) is 0 Å². The quantitative estimate of drug-likeness (QED) is 0.539. The van der Waals surface area contributed by atoms with Crippen LogP contribution in [0.15, 0.2) is 36.7 Å². The third-order valence-electron chi connectivity index (χ3n) is 7.23. The summed E-state index contributed by atoms with van der Waals surface area (Å²) in [5.74, 6) is -0.209. The largest absolute Gasteiger partial charge is 0.332 e. The molecule has 0 radical (unpaired) electrons. The smallest absolute Gasteiger partial charge is 0.324 e. The average molecular weight is 477 g/mol. The van der Waals surface area contributed by atoms with Crippen molar-refractivity contribution < 1.29 is 14.4 Å². The molecular formula is C28H36N4O3. The predicted molar refractivity (Wildman–Crippen MR) is 138 cm³/mol. The number of nitrogens with one attached hydrogen (secondary N) is 1. The van der Waals surface area contributed by atoms with Gasteiger partial charge in [0, 0.05) is 11.9 Å². The van der Waals surface area contributed by atoms with Gasteiger partial charge in [-0.15, -0.1) is 0 Å². The second-order valence-corrected chi connectivity index (χ2v) is 10.5. The molecule has 4 amide bonds. The zero-order valence-corrected chi connectivity index (χ0v) is 21.4. The van der Waals surface area contributed by atoms with Gasteiger partial charge < -0.3 is 5.32 Å². The Morgan fingerprint density at radius 3 is 2.23 bits per heavy atom. The van der Waals surface area contributed by atoms with Crippen molar-refractivity contribution >= 4 is 29.2 Å². The third kappa shape index (κ3) is 4.56. The van der Waals surface area contributed by atoms with Gasteiger partial charge in [-0.05, 0) is 54.4 Å². The van der Waals surface area contributed by atoms with Gasteiger partial charge in [-0.25, -0.2) is 4.79 Å². The standard InChI is InChI=1S/C28H36N4O3/c1-18(2)22-10-9-11-23(19(3)4)25(22)30-24(33)17-31-26(34)28(12-7-6-8-13-28)32(27(31)35)21-14-20(5)15-29-16-21/h9-11,14-16,18-19H,6-8,12-13,17H2,1-5H3,(H,30,33). The maximum absolute atomic E-state index is 13.8. The molecule has 2 fully saturated rings. The number of aryl methyl sites for hydroxylation is 1. The normalized spacial score (nSPS) is 17.7.